The molecular weight excluding hydrogens is 383 g/mol. The second-order valence-electron chi connectivity index (χ2n) is 7.56. The Bertz CT molecular complexity index is 642. The summed E-state index contributed by atoms with van der Waals surface area (Å²) in [6.07, 6.45) is 5.54. The zero-order valence-corrected chi connectivity index (χ0v) is 17.0. The van der Waals surface area contributed by atoms with Crippen LogP contribution in [-0.4, -0.2) is 49.4 Å². The third kappa shape index (κ3) is 5.30. The van der Waals surface area contributed by atoms with Crippen molar-refractivity contribution in [2.24, 2.45) is 5.73 Å². The molecule has 0 radical (unpaired) electrons. The summed E-state index contributed by atoms with van der Waals surface area (Å²) in [6.45, 7) is 1.11. The summed E-state index contributed by atoms with van der Waals surface area (Å²) in [5, 5.41) is 0. The molecule has 1 amide bonds. The van der Waals surface area contributed by atoms with Crippen molar-refractivity contribution in [2.45, 2.75) is 62.6 Å². The number of methoxy groups -OCH3 is 1. The monoisotopic (exact) mass is 412 g/mol. The molecule has 28 heavy (non-hydrogen) atoms. The predicted octanol–water partition coefficient (Wildman–Crippen LogP) is 4.20. The van der Waals surface area contributed by atoms with Crippen LogP contribution in [0.4, 0.5) is 8.68 Å². The quantitative estimate of drug-likeness (QED) is 0.706. The summed E-state index contributed by atoms with van der Waals surface area (Å²) >= 11 is -0.133. The van der Waals surface area contributed by atoms with Gasteiger partial charge in [0, 0.05) is 12.6 Å². The smallest absolute Gasteiger partial charge is 0.409 e. The van der Waals surface area contributed by atoms with Gasteiger partial charge >= 0.3 is 6.09 Å². The molecule has 2 aliphatic rings. The zero-order chi connectivity index (χ0) is 19.9. The average molecular weight is 413 g/mol. The first-order valence-corrected chi connectivity index (χ1v) is 10.5. The van der Waals surface area contributed by atoms with Gasteiger partial charge in [0.15, 0.2) is 0 Å². The van der Waals surface area contributed by atoms with Gasteiger partial charge in [0.2, 0.25) is 0 Å². The standard InChI is InChI=1S/C20H29FN2O4S/c1-25-20(24)23-11-3-6-18(22)19(23)13-26-16-9-7-14(8-10-16)15-4-2-5-17(12-15)27-28-21/h2,4-5,12,14,16,18-19H,3,6-11,13,22H2,1H3/t14-,16+,18-,19?/m0/s1. The van der Waals surface area contributed by atoms with E-state index in [-0.39, 0.29) is 36.7 Å². The van der Waals surface area contributed by atoms with Gasteiger partial charge in [-0.15, -0.1) is 3.89 Å². The first-order valence-electron chi connectivity index (χ1n) is 9.89. The number of piperidine rings is 1. The van der Waals surface area contributed by atoms with Crippen LogP contribution >= 0.6 is 12.4 Å². The number of carbonyl (C=O) groups is 1. The third-order valence-corrected chi connectivity index (χ3v) is 6.13. The molecule has 0 bridgehead atoms. The van der Waals surface area contributed by atoms with Crippen LogP contribution in [0.2, 0.25) is 0 Å². The summed E-state index contributed by atoms with van der Waals surface area (Å²) in [6, 6.07) is 7.41. The molecule has 1 aliphatic heterocycles. The lowest BCUT2D eigenvalue weighted by Crippen LogP contribution is -2.56. The number of nitrogens with zero attached hydrogens (tertiary/aromatic N) is 1. The topological polar surface area (TPSA) is 74.0 Å². The third-order valence-electron chi connectivity index (χ3n) is 5.87. The van der Waals surface area contributed by atoms with Gasteiger partial charge in [-0.05, 0) is 62.1 Å². The van der Waals surface area contributed by atoms with Crippen molar-refractivity contribution in [1.82, 2.24) is 4.90 Å². The van der Waals surface area contributed by atoms with Gasteiger partial charge < -0.3 is 24.3 Å². The van der Waals surface area contributed by atoms with Crippen LogP contribution in [0.3, 0.4) is 0 Å². The van der Waals surface area contributed by atoms with Gasteiger partial charge in [-0.3, -0.25) is 0 Å². The maximum atomic E-state index is 12.3. The van der Waals surface area contributed by atoms with Crippen molar-refractivity contribution in [1.29, 1.82) is 0 Å². The highest BCUT2D eigenvalue weighted by Crippen LogP contribution is 2.36. The maximum Gasteiger partial charge on any atom is 0.409 e. The number of rotatable bonds is 6. The van der Waals surface area contributed by atoms with E-state index in [1.54, 1.807) is 11.0 Å². The van der Waals surface area contributed by atoms with E-state index >= 15 is 0 Å². The minimum atomic E-state index is -0.332. The molecular formula is C20H29FN2O4S. The molecule has 0 spiro atoms. The van der Waals surface area contributed by atoms with E-state index in [4.69, 9.17) is 19.4 Å². The Morgan fingerprint density at radius 3 is 2.79 bits per heavy atom. The molecule has 2 atom stereocenters. The van der Waals surface area contributed by atoms with Crippen molar-refractivity contribution in [2.75, 3.05) is 20.3 Å². The van der Waals surface area contributed by atoms with Crippen LogP contribution in [0.15, 0.2) is 24.3 Å². The van der Waals surface area contributed by atoms with E-state index in [0.29, 0.717) is 24.8 Å². The number of carbonyl (C=O) groups excluding carboxylic acids is 1. The molecule has 8 heteroatoms. The van der Waals surface area contributed by atoms with Gasteiger partial charge in [0.25, 0.3) is 12.4 Å². The SMILES string of the molecule is COC(=O)N1CCC[C@H](N)C1CO[C@H]1CC[C@@H](c2cccc(OSF)c2)CC1. The van der Waals surface area contributed by atoms with Gasteiger partial charge in [-0.25, -0.2) is 4.79 Å². The van der Waals surface area contributed by atoms with Crippen molar-refractivity contribution in [3.8, 4) is 5.75 Å². The van der Waals surface area contributed by atoms with Crippen molar-refractivity contribution in [3.05, 3.63) is 29.8 Å². The number of hydrogen-bond donors (Lipinski definition) is 1. The summed E-state index contributed by atoms with van der Waals surface area (Å²) in [7, 11) is 1.40. The lowest BCUT2D eigenvalue weighted by atomic mass is 9.82. The Hall–Kier alpha value is -1.51. The number of nitrogens with two attached hydrogens (primary N) is 1. The molecule has 3 rings (SSSR count). The largest absolute Gasteiger partial charge is 0.453 e. The minimum Gasteiger partial charge on any atom is -0.453 e. The predicted molar refractivity (Wildman–Crippen MR) is 107 cm³/mol. The minimum absolute atomic E-state index is 0.0831. The first-order chi connectivity index (χ1) is 13.6. The van der Waals surface area contributed by atoms with Gasteiger partial charge in [-0.1, -0.05) is 12.1 Å². The summed E-state index contributed by atoms with van der Waals surface area (Å²) in [4.78, 5) is 13.7. The fraction of sp³-hybridized carbons (Fsp3) is 0.650. The molecule has 156 valence electrons. The van der Waals surface area contributed by atoms with Crippen molar-refractivity contribution in [3.63, 3.8) is 0 Å². The van der Waals surface area contributed by atoms with Crippen molar-refractivity contribution >= 4 is 18.5 Å². The number of likely N-dealkylation sites (tertiary alicyclic amines) is 1. The molecule has 1 saturated heterocycles. The number of ether oxygens (including phenoxy) is 2. The van der Waals surface area contributed by atoms with Crippen LogP contribution in [0.25, 0.3) is 0 Å². The molecule has 1 aromatic rings. The Balaban J connectivity index is 1.50. The Labute approximate surface area is 170 Å². The normalized spacial score (nSPS) is 28.0. The number of benzene rings is 1. The lowest BCUT2D eigenvalue weighted by Gasteiger charge is -2.39. The Morgan fingerprint density at radius 1 is 1.29 bits per heavy atom. The molecule has 0 aromatic heterocycles. The second kappa shape index (κ2) is 10.3. The molecule has 1 aliphatic carbocycles. The molecule has 1 saturated carbocycles. The molecule has 1 aromatic carbocycles. The number of hydrogen-bond acceptors (Lipinski definition) is 6. The summed E-state index contributed by atoms with van der Waals surface area (Å²) in [5.74, 6) is 0.967. The van der Waals surface area contributed by atoms with Crippen molar-refractivity contribution < 1.29 is 22.3 Å². The van der Waals surface area contributed by atoms with Crippen LogP contribution < -0.4 is 9.92 Å². The summed E-state index contributed by atoms with van der Waals surface area (Å²) < 4.78 is 28.2. The first kappa shape index (κ1) is 21.2. The van der Waals surface area contributed by atoms with Crippen LogP contribution in [0, 0.1) is 0 Å². The highest BCUT2D eigenvalue weighted by atomic mass is 32.2. The van der Waals surface area contributed by atoms with Crippen LogP contribution in [0.1, 0.15) is 50.0 Å². The van der Waals surface area contributed by atoms with Gasteiger partial charge in [0.1, 0.15) is 5.75 Å². The van der Waals surface area contributed by atoms with Crippen LogP contribution in [0.5, 0.6) is 5.75 Å². The zero-order valence-electron chi connectivity index (χ0n) is 16.2. The molecule has 2 fully saturated rings. The van der Waals surface area contributed by atoms with E-state index in [0.717, 1.165) is 38.5 Å². The highest BCUT2D eigenvalue weighted by molar-refractivity contribution is 7.89. The second-order valence-corrected chi connectivity index (χ2v) is 7.86. The van der Waals surface area contributed by atoms with Crippen LogP contribution in [-0.2, 0) is 9.47 Å². The fourth-order valence-corrected chi connectivity index (χ4v) is 4.47. The lowest BCUT2D eigenvalue weighted by molar-refractivity contribution is -0.0229. The fourth-order valence-electron chi connectivity index (χ4n) is 4.30. The Morgan fingerprint density at radius 2 is 2.07 bits per heavy atom. The number of halogens is 1. The number of amides is 1. The van der Waals surface area contributed by atoms with Gasteiger partial charge in [0.05, 0.1) is 25.9 Å². The summed E-state index contributed by atoms with van der Waals surface area (Å²) in [5.41, 5.74) is 7.42. The molecule has 1 unspecified atom stereocenters. The van der Waals surface area contributed by atoms with E-state index in [9.17, 15) is 8.68 Å². The molecule has 1 heterocycles. The molecule has 2 N–H and O–H groups in total. The maximum absolute atomic E-state index is 12.3. The Kier molecular flexibility index (Phi) is 7.82. The van der Waals surface area contributed by atoms with E-state index in [1.165, 1.54) is 12.7 Å². The van der Waals surface area contributed by atoms with E-state index < -0.39 is 0 Å². The van der Waals surface area contributed by atoms with E-state index in [1.807, 2.05) is 12.1 Å². The highest BCUT2D eigenvalue weighted by Gasteiger charge is 2.34. The molecule has 6 nitrogen and oxygen atoms in total. The van der Waals surface area contributed by atoms with Gasteiger partial charge in [-0.2, -0.15) is 0 Å². The average Bonchev–Trinajstić information content (AvgIpc) is 2.73. The van der Waals surface area contributed by atoms with E-state index in [2.05, 4.69) is 6.07 Å².